The van der Waals surface area contributed by atoms with Crippen molar-refractivity contribution in [3.05, 3.63) is 42.0 Å². The minimum atomic E-state index is -0.386. The average molecular weight is 499 g/mol. The Hall–Kier alpha value is -3.66. The van der Waals surface area contributed by atoms with Crippen LogP contribution in [0.15, 0.2) is 36.4 Å². The molecule has 0 unspecified atom stereocenters. The van der Waals surface area contributed by atoms with Crippen molar-refractivity contribution in [1.29, 1.82) is 0 Å². The van der Waals surface area contributed by atoms with E-state index in [0.717, 1.165) is 5.69 Å². The predicted molar refractivity (Wildman–Crippen MR) is 136 cm³/mol. The van der Waals surface area contributed by atoms with Crippen molar-refractivity contribution >= 4 is 23.3 Å². The first-order valence-corrected chi connectivity index (χ1v) is 12.0. The van der Waals surface area contributed by atoms with Crippen LogP contribution >= 0.6 is 0 Å². The molecule has 2 heterocycles. The van der Waals surface area contributed by atoms with Crippen LogP contribution in [0.3, 0.4) is 0 Å². The van der Waals surface area contributed by atoms with Crippen LogP contribution in [0.2, 0.25) is 0 Å². The molecular weight excluding hydrogens is 464 g/mol. The van der Waals surface area contributed by atoms with Gasteiger partial charge in [0.1, 0.15) is 11.9 Å². The number of ether oxygens (including phenoxy) is 3. The molecule has 0 saturated carbocycles. The van der Waals surface area contributed by atoms with Crippen LogP contribution in [0.1, 0.15) is 24.2 Å². The van der Waals surface area contributed by atoms with Gasteiger partial charge in [-0.15, -0.1) is 0 Å². The minimum Gasteiger partial charge on any atom is -0.487 e. The van der Waals surface area contributed by atoms with E-state index in [9.17, 15) is 14.7 Å². The molecule has 0 bridgehead atoms. The molecule has 36 heavy (non-hydrogen) atoms. The topological polar surface area (TPSA) is 104 Å². The van der Waals surface area contributed by atoms with E-state index in [1.165, 1.54) is 0 Å². The summed E-state index contributed by atoms with van der Waals surface area (Å²) in [7, 11) is 5.51. The van der Waals surface area contributed by atoms with Gasteiger partial charge in [0.15, 0.2) is 11.5 Å². The van der Waals surface area contributed by atoms with Crippen LogP contribution in [-0.4, -0.2) is 86.6 Å². The first-order valence-electron chi connectivity index (χ1n) is 12.0. The molecule has 0 spiro atoms. The molecule has 0 aromatic heterocycles. The fourth-order valence-electron chi connectivity index (χ4n) is 4.25. The van der Waals surface area contributed by atoms with Crippen molar-refractivity contribution in [2.24, 2.45) is 5.92 Å². The number of aliphatic hydroxyl groups is 1. The van der Waals surface area contributed by atoms with Crippen molar-refractivity contribution in [1.82, 2.24) is 9.80 Å². The Balaban J connectivity index is 1.54. The van der Waals surface area contributed by atoms with Crippen molar-refractivity contribution < 1.29 is 28.9 Å². The highest BCUT2D eigenvalue weighted by Crippen LogP contribution is 2.34. The van der Waals surface area contributed by atoms with Gasteiger partial charge in [-0.05, 0) is 37.3 Å². The van der Waals surface area contributed by atoms with Gasteiger partial charge in [-0.3, -0.25) is 4.79 Å². The number of hydrogen-bond donors (Lipinski definition) is 2. The smallest absolute Gasteiger partial charge is 0.321 e. The Morgan fingerprint density at radius 1 is 1.14 bits per heavy atom. The van der Waals surface area contributed by atoms with Crippen molar-refractivity contribution in [3.8, 4) is 17.2 Å². The monoisotopic (exact) mass is 498 g/mol. The number of carbonyl (C=O) groups excluding carboxylic acids is 2. The number of carbonyl (C=O) groups is 2. The van der Waals surface area contributed by atoms with Gasteiger partial charge in [0.05, 0.1) is 24.8 Å². The number of likely N-dealkylation sites (N-methyl/N-ethyl adjacent to an activating group) is 1. The zero-order chi connectivity index (χ0) is 26.0. The van der Waals surface area contributed by atoms with E-state index in [1.54, 1.807) is 47.2 Å². The molecule has 2 aromatic rings. The maximum atomic E-state index is 13.5. The Bertz CT molecular complexity index is 1120. The number of benzene rings is 2. The molecule has 3 amide bonds. The third-order valence-corrected chi connectivity index (χ3v) is 6.59. The van der Waals surface area contributed by atoms with E-state index in [4.69, 9.17) is 14.2 Å². The number of fused-ring (bicyclic) bond motifs is 2. The zero-order valence-corrected chi connectivity index (χ0v) is 21.4. The second-order valence-corrected chi connectivity index (χ2v) is 9.58. The SMILES string of the molecule is C[C@H]1CN([C@@H](C)CO)C(=O)c2cc(N(C)C)ccc2O[C@@H]1CN(C)C(=O)Nc1ccc2c(c1)OCO2. The number of rotatable bonds is 6. The van der Waals surface area contributed by atoms with Gasteiger partial charge in [-0.2, -0.15) is 0 Å². The minimum absolute atomic E-state index is 0.106. The third kappa shape index (κ3) is 5.28. The molecule has 2 aromatic carbocycles. The molecule has 4 rings (SSSR count). The number of amides is 3. The number of aliphatic hydroxyl groups excluding tert-OH is 1. The first kappa shape index (κ1) is 25.4. The highest BCUT2D eigenvalue weighted by molar-refractivity contribution is 5.98. The largest absolute Gasteiger partial charge is 0.487 e. The molecule has 194 valence electrons. The second kappa shape index (κ2) is 10.5. The van der Waals surface area contributed by atoms with Gasteiger partial charge in [0.2, 0.25) is 6.79 Å². The summed E-state index contributed by atoms with van der Waals surface area (Å²) in [5.74, 6) is 1.40. The molecule has 10 heteroatoms. The molecular formula is C26H34N4O6. The van der Waals surface area contributed by atoms with Crippen LogP contribution in [-0.2, 0) is 0 Å². The molecule has 0 radical (unpaired) electrons. The fourth-order valence-corrected chi connectivity index (χ4v) is 4.25. The molecule has 2 N–H and O–H groups in total. The van der Waals surface area contributed by atoms with Gasteiger partial charge in [0.25, 0.3) is 5.91 Å². The van der Waals surface area contributed by atoms with E-state index >= 15 is 0 Å². The molecule has 2 aliphatic rings. The van der Waals surface area contributed by atoms with Crippen molar-refractivity contribution in [2.75, 3.05) is 57.8 Å². The summed E-state index contributed by atoms with van der Waals surface area (Å²) in [6.07, 6.45) is -0.386. The maximum absolute atomic E-state index is 13.5. The molecule has 2 aliphatic heterocycles. The number of hydrogen-bond acceptors (Lipinski definition) is 7. The van der Waals surface area contributed by atoms with Crippen molar-refractivity contribution in [3.63, 3.8) is 0 Å². The Morgan fingerprint density at radius 3 is 2.58 bits per heavy atom. The lowest BCUT2D eigenvalue weighted by molar-refractivity contribution is 0.0371. The number of nitrogens with zero attached hydrogens (tertiary/aromatic N) is 3. The normalized spacial score (nSPS) is 19.5. The first-order chi connectivity index (χ1) is 17.2. The number of anilines is 2. The van der Waals surface area contributed by atoms with E-state index in [2.05, 4.69) is 5.32 Å². The zero-order valence-electron chi connectivity index (χ0n) is 21.4. The molecule has 0 aliphatic carbocycles. The van der Waals surface area contributed by atoms with Gasteiger partial charge in [-0.1, -0.05) is 6.92 Å². The van der Waals surface area contributed by atoms with Crippen LogP contribution in [0.25, 0.3) is 0 Å². The summed E-state index contributed by atoms with van der Waals surface area (Å²) >= 11 is 0. The summed E-state index contributed by atoms with van der Waals surface area (Å²) in [6.45, 7) is 4.50. The summed E-state index contributed by atoms with van der Waals surface area (Å²) in [5, 5.41) is 12.7. The lowest BCUT2D eigenvalue weighted by atomic mass is 9.99. The van der Waals surface area contributed by atoms with E-state index in [0.29, 0.717) is 41.6 Å². The standard InChI is InChI=1S/C26H34N4O6/c1-16-12-30(17(2)14-31)25(32)20-11-19(28(3)4)7-9-21(20)36-24(16)13-29(5)26(33)27-18-6-8-22-23(10-18)35-15-34-22/h6-11,16-17,24,31H,12-15H2,1-5H3,(H,27,33)/t16-,17-,24+/m0/s1. The van der Waals surface area contributed by atoms with Gasteiger partial charge in [0, 0.05) is 51.0 Å². The van der Waals surface area contributed by atoms with E-state index in [1.807, 2.05) is 38.9 Å². The molecule has 3 atom stereocenters. The second-order valence-electron chi connectivity index (χ2n) is 9.58. The van der Waals surface area contributed by atoms with E-state index < -0.39 is 0 Å². The Morgan fingerprint density at radius 2 is 1.86 bits per heavy atom. The maximum Gasteiger partial charge on any atom is 0.321 e. The van der Waals surface area contributed by atoms with Crippen LogP contribution in [0.4, 0.5) is 16.2 Å². The quantitative estimate of drug-likeness (QED) is 0.631. The number of nitrogens with one attached hydrogen (secondary N) is 1. The van der Waals surface area contributed by atoms with Crippen molar-refractivity contribution in [2.45, 2.75) is 26.0 Å². The number of urea groups is 1. The summed E-state index contributed by atoms with van der Waals surface area (Å²) < 4.78 is 17.1. The van der Waals surface area contributed by atoms with Crippen LogP contribution in [0.5, 0.6) is 17.2 Å². The lowest BCUT2D eigenvalue weighted by Gasteiger charge is -2.38. The van der Waals surface area contributed by atoms with Gasteiger partial charge < -0.3 is 39.3 Å². The van der Waals surface area contributed by atoms with Gasteiger partial charge >= 0.3 is 6.03 Å². The summed E-state index contributed by atoms with van der Waals surface area (Å²) in [5.41, 5.74) is 1.90. The Labute approximate surface area is 211 Å². The molecule has 10 nitrogen and oxygen atoms in total. The van der Waals surface area contributed by atoms with Gasteiger partial charge in [-0.25, -0.2) is 4.79 Å². The van der Waals surface area contributed by atoms with Crippen LogP contribution < -0.4 is 24.4 Å². The molecule has 0 fully saturated rings. The van der Waals surface area contributed by atoms with Crippen LogP contribution in [0, 0.1) is 5.92 Å². The highest BCUT2D eigenvalue weighted by atomic mass is 16.7. The predicted octanol–water partition coefficient (Wildman–Crippen LogP) is 2.87. The molecule has 0 saturated heterocycles. The summed E-state index contributed by atoms with van der Waals surface area (Å²) in [4.78, 5) is 31.6. The van der Waals surface area contributed by atoms with E-state index in [-0.39, 0.29) is 43.4 Å². The fraction of sp³-hybridized carbons (Fsp3) is 0.462. The lowest BCUT2D eigenvalue weighted by Crippen LogP contribution is -2.50. The summed E-state index contributed by atoms with van der Waals surface area (Å²) in [6, 6.07) is 10.1. The average Bonchev–Trinajstić information content (AvgIpc) is 3.33. The highest BCUT2D eigenvalue weighted by Gasteiger charge is 2.34. The Kier molecular flexibility index (Phi) is 7.44. The third-order valence-electron chi connectivity index (χ3n) is 6.59.